The van der Waals surface area contributed by atoms with Gasteiger partial charge in [-0.1, -0.05) is 246 Å². The summed E-state index contributed by atoms with van der Waals surface area (Å²) in [6.07, 6.45) is 68.1. The Bertz CT molecular complexity index is 1300. The Morgan fingerprint density at radius 2 is 0.625 bits per heavy atom. The first-order valence-electron chi connectivity index (χ1n) is 26.3. The van der Waals surface area contributed by atoms with Crippen LogP contribution in [0.15, 0.2) is 97.2 Å². The molecule has 1 atom stereocenters. The second-order valence-electron chi connectivity index (χ2n) is 17.2. The van der Waals surface area contributed by atoms with E-state index in [1.165, 1.54) is 109 Å². The van der Waals surface area contributed by atoms with Gasteiger partial charge in [-0.25, -0.2) is 0 Å². The number of allylic oxidation sites excluding steroid dienone is 16. The van der Waals surface area contributed by atoms with Crippen LogP contribution in [0.25, 0.3) is 0 Å². The molecule has 0 N–H and O–H groups in total. The Balaban J connectivity index is 4.51. The summed E-state index contributed by atoms with van der Waals surface area (Å²) in [6.45, 7) is 6.43. The van der Waals surface area contributed by atoms with Crippen molar-refractivity contribution in [3.05, 3.63) is 97.2 Å². The van der Waals surface area contributed by atoms with E-state index in [2.05, 4.69) is 45.1 Å². The van der Waals surface area contributed by atoms with Gasteiger partial charge in [0, 0.05) is 19.3 Å². The van der Waals surface area contributed by atoms with E-state index in [0.717, 1.165) is 83.5 Å². The molecule has 364 valence electrons. The molecule has 0 aromatic carbocycles. The van der Waals surface area contributed by atoms with Crippen molar-refractivity contribution in [1.82, 2.24) is 0 Å². The van der Waals surface area contributed by atoms with E-state index in [9.17, 15) is 14.4 Å². The van der Waals surface area contributed by atoms with Crippen molar-refractivity contribution in [2.24, 2.45) is 0 Å². The van der Waals surface area contributed by atoms with Crippen molar-refractivity contribution >= 4 is 17.9 Å². The van der Waals surface area contributed by atoms with Crippen LogP contribution in [-0.4, -0.2) is 37.2 Å². The lowest BCUT2D eigenvalue weighted by atomic mass is 10.0. The Labute approximate surface area is 394 Å². The molecule has 0 aromatic heterocycles. The van der Waals surface area contributed by atoms with E-state index in [0.29, 0.717) is 19.3 Å². The van der Waals surface area contributed by atoms with Crippen molar-refractivity contribution in [1.29, 1.82) is 0 Å². The molecule has 0 radical (unpaired) electrons. The SMILES string of the molecule is CC\C=C/C=C\C=C/C=C\C=C\C=C/C=C\CCCCCC(=O)OCC(COC(=O)CCCCCCCCCCCCCCC)OC(=O)CCCCC/C=C\CCCCCCCCC. The first-order chi connectivity index (χ1) is 31.5. The molecule has 0 aliphatic rings. The number of ether oxygens (including phenoxy) is 3. The number of rotatable bonds is 46. The van der Waals surface area contributed by atoms with Gasteiger partial charge in [-0.3, -0.25) is 14.4 Å². The molecule has 0 fully saturated rings. The third-order valence-electron chi connectivity index (χ3n) is 11.0. The number of hydrogen-bond donors (Lipinski definition) is 0. The standard InChI is InChI=1S/C58H96O6/c1-4-7-10-13-16-19-22-25-27-28-29-30-31-34-36-39-42-45-48-51-57(60)63-54-55(53-62-56(59)50-47-44-41-38-35-32-24-21-18-15-12-9-6-3)64-58(61)52-49-46-43-40-37-33-26-23-20-17-14-11-8-5-2/h7,10,13,16,19,22,25,27-31,33-34,36-37,55H,4-6,8-9,11-12,14-15,17-18,20-21,23-24,26,32,35,38-54H2,1-3H3/b10-7-,16-13-,22-19-,27-25-,29-28+,31-30-,36-34-,37-33-. The first kappa shape index (κ1) is 60.3. The highest BCUT2D eigenvalue weighted by Gasteiger charge is 2.19. The van der Waals surface area contributed by atoms with E-state index >= 15 is 0 Å². The van der Waals surface area contributed by atoms with Crippen LogP contribution in [0.5, 0.6) is 0 Å². The second kappa shape index (κ2) is 52.0. The maximum atomic E-state index is 12.8. The minimum Gasteiger partial charge on any atom is -0.462 e. The van der Waals surface area contributed by atoms with E-state index in [4.69, 9.17) is 14.2 Å². The van der Waals surface area contributed by atoms with Gasteiger partial charge >= 0.3 is 17.9 Å². The summed E-state index contributed by atoms with van der Waals surface area (Å²) >= 11 is 0. The lowest BCUT2D eigenvalue weighted by Crippen LogP contribution is -2.30. The maximum absolute atomic E-state index is 12.8. The van der Waals surface area contributed by atoms with Gasteiger partial charge in [-0.05, 0) is 64.2 Å². The second-order valence-corrected chi connectivity index (χ2v) is 17.2. The summed E-state index contributed by atoms with van der Waals surface area (Å²) in [5.74, 6) is -0.961. The highest BCUT2D eigenvalue weighted by Crippen LogP contribution is 2.15. The Hall–Kier alpha value is -3.67. The molecule has 0 aromatic rings. The number of unbranched alkanes of at least 4 members (excludes halogenated alkanes) is 25. The molecule has 0 aliphatic carbocycles. The Morgan fingerprint density at radius 1 is 0.328 bits per heavy atom. The van der Waals surface area contributed by atoms with Gasteiger partial charge in [0.1, 0.15) is 13.2 Å². The lowest BCUT2D eigenvalue weighted by Gasteiger charge is -2.18. The maximum Gasteiger partial charge on any atom is 0.306 e. The minimum atomic E-state index is -0.803. The normalized spacial score (nSPS) is 12.9. The van der Waals surface area contributed by atoms with Crippen LogP contribution < -0.4 is 0 Å². The van der Waals surface area contributed by atoms with Crippen molar-refractivity contribution in [3.63, 3.8) is 0 Å². The summed E-state index contributed by atoms with van der Waals surface area (Å²) in [4.78, 5) is 38.0. The average Bonchev–Trinajstić information content (AvgIpc) is 3.29. The number of esters is 3. The van der Waals surface area contributed by atoms with Crippen LogP contribution in [0.4, 0.5) is 0 Å². The van der Waals surface area contributed by atoms with Crippen molar-refractivity contribution in [2.45, 2.75) is 239 Å². The molecule has 0 saturated carbocycles. The van der Waals surface area contributed by atoms with Crippen LogP contribution >= 0.6 is 0 Å². The summed E-state index contributed by atoms with van der Waals surface area (Å²) in [7, 11) is 0. The molecular formula is C58H96O6. The van der Waals surface area contributed by atoms with Crippen molar-refractivity contribution in [2.75, 3.05) is 13.2 Å². The van der Waals surface area contributed by atoms with Gasteiger partial charge in [0.25, 0.3) is 0 Å². The molecule has 0 rings (SSSR count). The molecule has 6 heteroatoms. The highest BCUT2D eigenvalue weighted by atomic mass is 16.6. The van der Waals surface area contributed by atoms with E-state index in [-0.39, 0.29) is 31.1 Å². The Morgan fingerprint density at radius 3 is 1.02 bits per heavy atom. The van der Waals surface area contributed by atoms with E-state index < -0.39 is 6.10 Å². The summed E-state index contributed by atoms with van der Waals surface area (Å²) < 4.78 is 16.8. The van der Waals surface area contributed by atoms with Crippen LogP contribution in [0, 0.1) is 0 Å². The number of carbonyl (C=O) groups excluding carboxylic acids is 3. The fraction of sp³-hybridized carbons (Fsp3) is 0.672. The molecule has 0 bridgehead atoms. The zero-order chi connectivity index (χ0) is 46.5. The fourth-order valence-corrected chi connectivity index (χ4v) is 7.07. The predicted octanol–water partition coefficient (Wildman–Crippen LogP) is 17.4. The third kappa shape index (κ3) is 49.3. The molecule has 0 amide bonds. The molecule has 0 aliphatic heterocycles. The van der Waals surface area contributed by atoms with E-state index in [1.807, 2.05) is 72.9 Å². The first-order valence-corrected chi connectivity index (χ1v) is 26.3. The van der Waals surface area contributed by atoms with Gasteiger partial charge in [0.05, 0.1) is 0 Å². The Kier molecular flexibility index (Phi) is 49.0. The van der Waals surface area contributed by atoms with Gasteiger partial charge in [-0.2, -0.15) is 0 Å². The lowest BCUT2D eigenvalue weighted by molar-refractivity contribution is -0.167. The summed E-state index contributed by atoms with van der Waals surface area (Å²) in [5.41, 5.74) is 0. The topological polar surface area (TPSA) is 78.9 Å². The monoisotopic (exact) mass is 889 g/mol. The molecule has 1 unspecified atom stereocenters. The molecule has 64 heavy (non-hydrogen) atoms. The minimum absolute atomic E-state index is 0.0975. The smallest absolute Gasteiger partial charge is 0.306 e. The average molecular weight is 889 g/mol. The zero-order valence-electron chi connectivity index (χ0n) is 41.5. The third-order valence-corrected chi connectivity index (χ3v) is 11.0. The number of carbonyl (C=O) groups is 3. The molecule has 6 nitrogen and oxygen atoms in total. The van der Waals surface area contributed by atoms with Crippen LogP contribution in [0.1, 0.15) is 233 Å². The molecular weight excluding hydrogens is 793 g/mol. The van der Waals surface area contributed by atoms with Crippen molar-refractivity contribution < 1.29 is 28.6 Å². The quantitative estimate of drug-likeness (QED) is 0.0199. The van der Waals surface area contributed by atoms with E-state index in [1.54, 1.807) is 0 Å². The number of hydrogen-bond acceptors (Lipinski definition) is 6. The van der Waals surface area contributed by atoms with Gasteiger partial charge < -0.3 is 14.2 Å². The molecule has 0 heterocycles. The fourth-order valence-electron chi connectivity index (χ4n) is 7.07. The largest absolute Gasteiger partial charge is 0.462 e. The molecule has 0 spiro atoms. The van der Waals surface area contributed by atoms with Gasteiger partial charge in [-0.15, -0.1) is 0 Å². The van der Waals surface area contributed by atoms with Crippen LogP contribution in [0.2, 0.25) is 0 Å². The predicted molar refractivity (Wildman–Crippen MR) is 274 cm³/mol. The summed E-state index contributed by atoms with van der Waals surface area (Å²) in [5, 5.41) is 0. The van der Waals surface area contributed by atoms with Crippen molar-refractivity contribution in [3.8, 4) is 0 Å². The van der Waals surface area contributed by atoms with Gasteiger partial charge in [0.2, 0.25) is 0 Å². The van der Waals surface area contributed by atoms with Crippen LogP contribution in [-0.2, 0) is 28.6 Å². The van der Waals surface area contributed by atoms with Gasteiger partial charge in [0.15, 0.2) is 6.10 Å². The van der Waals surface area contributed by atoms with Crippen LogP contribution in [0.3, 0.4) is 0 Å². The molecule has 0 saturated heterocycles. The zero-order valence-corrected chi connectivity index (χ0v) is 41.5. The highest BCUT2D eigenvalue weighted by molar-refractivity contribution is 5.71. The summed E-state index contributed by atoms with van der Waals surface area (Å²) in [6, 6.07) is 0.